The number of nitro benzene ring substituents is 1. The maximum Gasteiger partial charge on any atom is 0.271 e. The van der Waals surface area contributed by atoms with Gasteiger partial charge in [0.25, 0.3) is 5.69 Å². The lowest BCUT2D eigenvalue weighted by atomic mass is 10.1. The summed E-state index contributed by atoms with van der Waals surface area (Å²) in [4.78, 5) is 10.4. The van der Waals surface area contributed by atoms with Crippen LogP contribution in [0.3, 0.4) is 0 Å². The van der Waals surface area contributed by atoms with E-state index >= 15 is 0 Å². The minimum absolute atomic E-state index is 0.0972. The van der Waals surface area contributed by atoms with Crippen LogP contribution in [-0.2, 0) is 0 Å². The summed E-state index contributed by atoms with van der Waals surface area (Å²) < 4.78 is 0.113. The Labute approximate surface area is 162 Å². The van der Waals surface area contributed by atoms with Crippen molar-refractivity contribution in [2.24, 2.45) is 10.2 Å². The molecule has 1 aliphatic rings. The van der Waals surface area contributed by atoms with Gasteiger partial charge in [-0.25, -0.2) is 0 Å². The lowest BCUT2D eigenvalue weighted by molar-refractivity contribution is -0.385. The summed E-state index contributed by atoms with van der Waals surface area (Å²) in [5, 5.41) is 31.5. The van der Waals surface area contributed by atoms with Crippen molar-refractivity contribution in [1.82, 2.24) is 0 Å². The highest BCUT2D eigenvalue weighted by Crippen LogP contribution is 2.36. The van der Waals surface area contributed by atoms with Crippen molar-refractivity contribution in [2.75, 3.05) is 0 Å². The molecule has 1 aliphatic carbocycles. The van der Waals surface area contributed by atoms with E-state index < -0.39 is 4.92 Å². The highest BCUT2D eigenvalue weighted by atomic mass is 79.9. The van der Waals surface area contributed by atoms with Crippen molar-refractivity contribution in [3.63, 3.8) is 0 Å². The van der Waals surface area contributed by atoms with Crippen molar-refractivity contribution in [3.8, 4) is 16.9 Å². The Morgan fingerprint density at radius 3 is 2.04 bits per heavy atom. The summed E-state index contributed by atoms with van der Waals surface area (Å²) in [7, 11) is 0. The van der Waals surface area contributed by atoms with Crippen molar-refractivity contribution in [1.29, 1.82) is 0 Å². The summed E-state index contributed by atoms with van der Waals surface area (Å²) in [5.41, 5.74) is 4.67. The van der Waals surface area contributed by atoms with Gasteiger partial charge < -0.3 is 5.11 Å². The fourth-order valence-corrected chi connectivity index (χ4v) is 3.52. The molecule has 0 aliphatic heterocycles. The molecule has 0 N–H and O–H groups in total. The molecule has 4 rings (SSSR count). The molecule has 0 bridgehead atoms. The van der Waals surface area contributed by atoms with Crippen molar-refractivity contribution in [2.45, 2.75) is 0 Å². The van der Waals surface area contributed by atoms with Crippen LogP contribution in [0.15, 0.2) is 75.3 Å². The average molecular weight is 421 g/mol. The number of benzene rings is 3. The van der Waals surface area contributed by atoms with Gasteiger partial charge in [0.05, 0.1) is 11.1 Å². The highest BCUT2D eigenvalue weighted by molar-refractivity contribution is 9.10. The zero-order valence-electron chi connectivity index (χ0n) is 13.8. The molecule has 0 aromatic heterocycles. The first-order chi connectivity index (χ1) is 13.1. The highest BCUT2D eigenvalue weighted by Gasteiger charge is 2.23. The van der Waals surface area contributed by atoms with Gasteiger partial charge in [0, 0.05) is 27.7 Å². The molecule has 0 saturated carbocycles. The minimum atomic E-state index is -0.559. The predicted octanol–water partition coefficient (Wildman–Crippen LogP) is 4.28. The lowest BCUT2D eigenvalue weighted by Crippen LogP contribution is -2.00. The monoisotopic (exact) mass is 420 g/mol. The third-order valence-corrected chi connectivity index (χ3v) is 4.87. The van der Waals surface area contributed by atoms with Crippen LogP contribution >= 0.6 is 15.9 Å². The van der Waals surface area contributed by atoms with E-state index in [4.69, 9.17) is 0 Å². The fourth-order valence-electron chi connectivity index (χ4n) is 3.05. The van der Waals surface area contributed by atoms with E-state index in [1.165, 1.54) is 18.3 Å². The smallest absolute Gasteiger partial charge is 0.271 e. The molecule has 6 nitrogen and oxygen atoms in total. The first-order valence-electron chi connectivity index (χ1n) is 8.01. The third-order valence-electron chi connectivity index (χ3n) is 4.28. The van der Waals surface area contributed by atoms with E-state index in [0.717, 1.165) is 22.3 Å². The van der Waals surface area contributed by atoms with E-state index in [-0.39, 0.29) is 21.5 Å². The average Bonchev–Trinajstić information content (AvgIpc) is 2.99. The van der Waals surface area contributed by atoms with E-state index in [0.29, 0.717) is 5.71 Å². The molecule has 27 heavy (non-hydrogen) atoms. The molecule has 0 heterocycles. The normalized spacial score (nSPS) is 12.1. The van der Waals surface area contributed by atoms with Gasteiger partial charge in [0.1, 0.15) is 5.71 Å². The second-order valence-corrected chi connectivity index (χ2v) is 6.74. The Bertz CT molecular complexity index is 1090. The van der Waals surface area contributed by atoms with Crippen LogP contribution in [0, 0.1) is 10.1 Å². The molecule has 3 aromatic carbocycles. The minimum Gasteiger partial charge on any atom is -0.871 e. The molecule has 0 unspecified atom stereocenters. The number of hydrogen-bond acceptors (Lipinski definition) is 5. The number of nitro groups is 1. The molecular weight excluding hydrogens is 410 g/mol. The van der Waals surface area contributed by atoms with Gasteiger partial charge in [-0.1, -0.05) is 70.2 Å². The Morgan fingerprint density at radius 1 is 0.926 bits per heavy atom. The van der Waals surface area contributed by atoms with Gasteiger partial charge in [-0.15, -0.1) is 5.10 Å². The molecule has 3 aromatic rings. The zero-order valence-corrected chi connectivity index (χ0v) is 15.4. The van der Waals surface area contributed by atoms with Gasteiger partial charge in [0.15, 0.2) is 0 Å². The Balaban J connectivity index is 1.77. The van der Waals surface area contributed by atoms with Gasteiger partial charge in [-0.2, -0.15) is 5.10 Å². The topological polar surface area (TPSA) is 90.9 Å². The second kappa shape index (κ2) is 6.77. The first-order valence-corrected chi connectivity index (χ1v) is 8.80. The molecule has 7 heteroatoms. The summed E-state index contributed by atoms with van der Waals surface area (Å²) in [6.45, 7) is 0. The Kier molecular flexibility index (Phi) is 4.29. The van der Waals surface area contributed by atoms with Gasteiger partial charge in [0.2, 0.25) is 0 Å². The first kappa shape index (κ1) is 17.1. The second-order valence-electron chi connectivity index (χ2n) is 5.89. The number of rotatable bonds is 3. The van der Waals surface area contributed by atoms with Crippen LogP contribution in [0.25, 0.3) is 11.1 Å². The number of fused-ring (bicyclic) bond motifs is 3. The fraction of sp³-hybridized carbons (Fsp3) is 0. The third kappa shape index (κ3) is 3.02. The van der Waals surface area contributed by atoms with Crippen LogP contribution in [0.5, 0.6) is 5.75 Å². The molecule has 0 atom stereocenters. The number of hydrogen-bond donors (Lipinski definition) is 0. The molecule has 0 amide bonds. The summed E-state index contributed by atoms with van der Waals surface area (Å²) in [5.74, 6) is -0.378. The van der Waals surface area contributed by atoms with Gasteiger partial charge in [-0.3, -0.25) is 10.1 Å². The zero-order chi connectivity index (χ0) is 19.0. The maximum atomic E-state index is 12.2. The van der Waals surface area contributed by atoms with Crippen LogP contribution in [0.4, 0.5) is 5.69 Å². The molecule has 0 saturated heterocycles. The van der Waals surface area contributed by atoms with E-state index in [9.17, 15) is 15.2 Å². The number of nitrogens with zero attached hydrogens (tertiary/aromatic N) is 3. The SMILES string of the molecule is O=[N+]([O-])c1cc(Br)c([O-])c(/C=N/N=C2c3ccccc3-c3ccccc32)c1. The van der Waals surface area contributed by atoms with E-state index in [1.54, 1.807) is 0 Å². The largest absolute Gasteiger partial charge is 0.871 e. The van der Waals surface area contributed by atoms with Gasteiger partial charge >= 0.3 is 0 Å². The van der Waals surface area contributed by atoms with Crippen molar-refractivity contribution in [3.05, 3.63) is 91.9 Å². The molecule has 132 valence electrons. The lowest BCUT2D eigenvalue weighted by Gasteiger charge is -2.11. The van der Waals surface area contributed by atoms with Crippen LogP contribution < -0.4 is 5.11 Å². The standard InChI is InChI=1S/C20H12BrN3O3/c21-18-10-13(24(26)27)9-12(20(18)25)11-22-23-19-16-7-3-1-5-14(16)15-6-2-4-8-17(15)19/h1-11,25H/p-1/b22-11+. The summed E-state index contributed by atoms with van der Waals surface area (Å²) >= 11 is 3.05. The van der Waals surface area contributed by atoms with Crippen LogP contribution in [-0.4, -0.2) is 16.8 Å². The molecule has 0 fully saturated rings. The number of halogens is 1. The summed E-state index contributed by atoms with van der Waals surface area (Å²) in [6, 6.07) is 18.1. The van der Waals surface area contributed by atoms with Crippen LogP contribution in [0.1, 0.15) is 16.7 Å². The van der Waals surface area contributed by atoms with Crippen molar-refractivity contribution < 1.29 is 10.0 Å². The summed E-state index contributed by atoms with van der Waals surface area (Å²) in [6.07, 6.45) is 1.25. The van der Waals surface area contributed by atoms with E-state index in [2.05, 4.69) is 26.1 Å². The van der Waals surface area contributed by atoms with Crippen molar-refractivity contribution >= 4 is 33.5 Å². The number of non-ortho nitro benzene ring substituents is 1. The van der Waals surface area contributed by atoms with E-state index in [1.807, 2.05) is 48.5 Å². The molecule has 0 spiro atoms. The predicted molar refractivity (Wildman–Crippen MR) is 105 cm³/mol. The quantitative estimate of drug-likeness (QED) is 0.281. The molecule has 0 radical (unpaired) electrons. The molecular formula is C20H11BrN3O3-. The Hall–Kier alpha value is -3.32. The maximum absolute atomic E-state index is 12.2. The Morgan fingerprint density at radius 2 is 1.48 bits per heavy atom. The van der Waals surface area contributed by atoms with Gasteiger partial charge in [-0.05, 0) is 16.7 Å². The van der Waals surface area contributed by atoms with Crippen LogP contribution in [0.2, 0.25) is 0 Å².